The van der Waals surface area contributed by atoms with Crippen molar-refractivity contribution in [2.75, 3.05) is 7.11 Å². The molecule has 6 nitrogen and oxygen atoms in total. The molecule has 6 heteroatoms. The van der Waals surface area contributed by atoms with Crippen molar-refractivity contribution in [1.29, 1.82) is 0 Å². The van der Waals surface area contributed by atoms with Crippen LogP contribution in [0, 0.1) is 0 Å². The lowest BCUT2D eigenvalue weighted by atomic mass is 10.1. The number of ether oxygens (including phenoxy) is 1. The van der Waals surface area contributed by atoms with Crippen molar-refractivity contribution < 1.29 is 19.4 Å². The molecular weight excluding hydrogens is 308 g/mol. The fraction of sp³-hybridized carbons (Fsp3) is 0.111. The van der Waals surface area contributed by atoms with Crippen molar-refractivity contribution in [3.05, 3.63) is 71.6 Å². The number of methoxy groups -OCH3 is 1. The zero-order chi connectivity index (χ0) is 17.5. The van der Waals surface area contributed by atoms with Gasteiger partial charge in [0, 0.05) is 11.1 Å². The smallest absolute Gasteiger partial charge is 0.216 e. The maximum absolute atomic E-state index is 12.3. The van der Waals surface area contributed by atoms with E-state index in [1.807, 2.05) is 0 Å². The second-order valence-electron chi connectivity index (χ2n) is 4.85. The highest BCUT2D eigenvalue weighted by Crippen LogP contribution is 2.27. The van der Waals surface area contributed by atoms with E-state index in [4.69, 9.17) is 4.74 Å². The molecule has 2 aromatic carbocycles. The number of ketones is 2. The normalized spacial score (nSPS) is 11.5. The van der Waals surface area contributed by atoms with Gasteiger partial charge in [0.1, 0.15) is 17.7 Å². The Labute approximate surface area is 139 Å². The SMILES string of the molecule is COc1ccccc1N=N/C(=C\O)C(=O)c1ccc(C(C)=O)cc1. The Balaban J connectivity index is 2.23. The number of rotatable bonds is 6. The summed E-state index contributed by atoms with van der Waals surface area (Å²) in [7, 11) is 1.50. The summed E-state index contributed by atoms with van der Waals surface area (Å²) in [4.78, 5) is 23.6. The molecule has 0 amide bonds. The van der Waals surface area contributed by atoms with E-state index in [2.05, 4.69) is 10.2 Å². The minimum atomic E-state index is -0.508. The van der Waals surface area contributed by atoms with Gasteiger partial charge in [0.15, 0.2) is 11.5 Å². The first kappa shape index (κ1) is 17.1. The molecule has 0 radical (unpaired) electrons. The van der Waals surface area contributed by atoms with Crippen molar-refractivity contribution in [1.82, 2.24) is 0 Å². The molecule has 0 bridgehead atoms. The van der Waals surface area contributed by atoms with Gasteiger partial charge in [-0.2, -0.15) is 0 Å². The van der Waals surface area contributed by atoms with E-state index in [0.717, 1.165) is 0 Å². The number of nitrogens with zero attached hydrogens (tertiary/aromatic N) is 2. The third-order valence-corrected chi connectivity index (χ3v) is 3.26. The summed E-state index contributed by atoms with van der Waals surface area (Å²) in [6.45, 7) is 1.44. The average molecular weight is 324 g/mol. The van der Waals surface area contributed by atoms with Crippen molar-refractivity contribution in [3.63, 3.8) is 0 Å². The van der Waals surface area contributed by atoms with Gasteiger partial charge in [-0.05, 0) is 19.1 Å². The quantitative estimate of drug-likeness (QED) is 0.372. The maximum atomic E-state index is 12.3. The number of hydrogen-bond donors (Lipinski definition) is 1. The van der Waals surface area contributed by atoms with Crippen LogP contribution in [0.2, 0.25) is 0 Å². The molecule has 0 aliphatic heterocycles. The molecule has 24 heavy (non-hydrogen) atoms. The standard InChI is InChI=1S/C18H16N2O4/c1-12(22)13-7-9-14(10-8-13)18(23)16(11-21)20-19-15-5-3-4-6-17(15)24-2/h3-11,21H,1-2H3/b16-11-,20-19?. The van der Waals surface area contributed by atoms with Crippen molar-refractivity contribution >= 4 is 17.3 Å². The Morgan fingerprint density at radius 1 is 1.04 bits per heavy atom. The largest absolute Gasteiger partial charge is 0.513 e. The highest BCUT2D eigenvalue weighted by Gasteiger charge is 2.13. The van der Waals surface area contributed by atoms with Gasteiger partial charge in [-0.3, -0.25) is 9.59 Å². The lowest BCUT2D eigenvalue weighted by molar-refractivity contribution is 0.101. The van der Waals surface area contributed by atoms with Crippen LogP contribution in [0.3, 0.4) is 0 Å². The number of para-hydroxylation sites is 1. The van der Waals surface area contributed by atoms with Crippen LogP contribution in [0.1, 0.15) is 27.6 Å². The minimum Gasteiger partial charge on any atom is -0.513 e. The average Bonchev–Trinajstić information content (AvgIpc) is 2.62. The fourth-order valence-corrected chi connectivity index (χ4v) is 1.95. The van der Waals surface area contributed by atoms with Gasteiger partial charge in [-0.1, -0.05) is 36.4 Å². The first-order chi connectivity index (χ1) is 11.6. The molecule has 0 saturated carbocycles. The molecule has 0 spiro atoms. The summed E-state index contributed by atoms with van der Waals surface area (Å²) < 4.78 is 5.14. The molecule has 2 aromatic rings. The molecule has 0 saturated heterocycles. The second-order valence-corrected chi connectivity index (χ2v) is 4.85. The number of aliphatic hydroxyl groups is 1. The van der Waals surface area contributed by atoms with Crippen LogP contribution in [-0.2, 0) is 0 Å². The minimum absolute atomic E-state index is 0.0946. The number of azo groups is 1. The van der Waals surface area contributed by atoms with Crippen LogP contribution in [-0.4, -0.2) is 23.8 Å². The predicted molar refractivity (Wildman–Crippen MR) is 89.0 cm³/mol. The summed E-state index contributed by atoms with van der Waals surface area (Å²) in [5.41, 5.74) is 0.992. The number of Topliss-reactive ketones (excluding diaryl/α,β-unsaturated/α-hetero) is 2. The zero-order valence-electron chi connectivity index (χ0n) is 13.3. The predicted octanol–water partition coefficient (Wildman–Crippen LogP) is 4.26. The fourth-order valence-electron chi connectivity index (χ4n) is 1.95. The van der Waals surface area contributed by atoms with E-state index >= 15 is 0 Å². The second kappa shape index (κ2) is 7.82. The van der Waals surface area contributed by atoms with Crippen LogP contribution in [0.25, 0.3) is 0 Å². The molecule has 0 heterocycles. The Bertz CT molecular complexity index is 808. The molecule has 0 aliphatic rings. The Kier molecular flexibility index (Phi) is 5.57. The van der Waals surface area contributed by atoms with Gasteiger partial charge >= 0.3 is 0 Å². The Morgan fingerprint density at radius 2 is 1.67 bits per heavy atom. The molecular formula is C18H16N2O4. The summed E-state index contributed by atoms with van der Waals surface area (Å²) in [6, 6.07) is 13.0. The summed E-state index contributed by atoms with van der Waals surface area (Å²) in [5.74, 6) is -0.106. The van der Waals surface area contributed by atoms with Gasteiger partial charge in [-0.25, -0.2) is 0 Å². The van der Waals surface area contributed by atoms with Gasteiger partial charge < -0.3 is 9.84 Å². The number of carbonyl (C=O) groups excluding carboxylic acids is 2. The van der Waals surface area contributed by atoms with Gasteiger partial charge in [0.05, 0.1) is 7.11 Å². The van der Waals surface area contributed by atoms with Gasteiger partial charge in [-0.15, -0.1) is 10.2 Å². The maximum Gasteiger partial charge on any atom is 0.216 e. The third-order valence-electron chi connectivity index (χ3n) is 3.26. The topological polar surface area (TPSA) is 88.3 Å². The van der Waals surface area contributed by atoms with E-state index < -0.39 is 5.78 Å². The van der Waals surface area contributed by atoms with Crippen molar-refractivity contribution in [2.45, 2.75) is 6.92 Å². The third kappa shape index (κ3) is 3.92. The Morgan fingerprint density at radius 3 is 2.25 bits per heavy atom. The van der Waals surface area contributed by atoms with Gasteiger partial charge in [0.2, 0.25) is 5.78 Å². The molecule has 0 unspecified atom stereocenters. The van der Waals surface area contributed by atoms with E-state index in [1.54, 1.807) is 36.4 Å². The lowest BCUT2D eigenvalue weighted by Crippen LogP contribution is -2.02. The summed E-state index contributed by atoms with van der Waals surface area (Å²) in [6.07, 6.45) is 0.597. The molecule has 0 fully saturated rings. The number of hydrogen-bond acceptors (Lipinski definition) is 6. The molecule has 0 aliphatic carbocycles. The highest BCUT2D eigenvalue weighted by atomic mass is 16.5. The van der Waals surface area contributed by atoms with E-state index in [0.29, 0.717) is 28.8 Å². The van der Waals surface area contributed by atoms with Crippen LogP contribution >= 0.6 is 0 Å². The molecule has 0 aromatic heterocycles. The summed E-state index contributed by atoms with van der Waals surface area (Å²) >= 11 is 0. The highest BCUT2D eigenvalue weighted by molar-refractivity contribution is 6.08. The Hall–Kier alpha value is -3.28. The summed E-state index contributed by atoms with van der Waals surface area (Å²) in [5, 5.41) is 17.0. The number of allylic oxidation sites excluding steroid dienone is 1. The van der Waals surface area contributed by atoms with Crippen molar-refractivity contribution in [2.24, 2.45) is 10.2 Å². The van der Waals surface area contributed by atoms with Crippen LogP contribution < -0.4 is 4.74 Å². The van der Waals surface area contributed by atoms with Gasteiger partial charge in [0.25, 0.3) is 0 Å². The van der Waals surface area contributed by atoms with Crippen LogP contribution in [0.4, 0.5) is 5.69 Å². The number of aliphatic hydroxyl groups excluding tert-OH is 1. The van der Waals surface area contributed by atoms with Crippen LogP contribution in [0.15, 0.2) is 70.7 Å². The molecule has 1 N–H and O–H groups in total. The lowest BCUT2D eigenvalue weighted by Gasteiger charge is -2.03. The van der Waals surface area contributed by atoms with E-state index in [-0.39, 0.29) is 11.5 Å². The van der Waals surface area contributed by atoms with Crippen molar-refractivity contribution in [3.8, 4) is 5.75 Å². The monoisotopic (exact) mass is 324 g/mol. The number of carbonyl (C=O) groups is 2. The first-order valence-electron chi connectivity index (χ1n) is 7.11. The van der Waals surface area contributed by atoms with E-state index in [9.17, 15) is 14.7 Å². The van der Waals surface area contributed by atoms with Crippen LogP contribution in [0.5, 0.6) is 5.75 Å². The number of benzene rings is 2. The molecule has 122 valence electrons. The molecule has 0 atom stereocenters. The molecule has 2 rings (SSSR count). The first-order valence-corrected chi connectivity index (χ1v) is 7.11. The zero-order valence-corrected chi connectivity index (χ0v) is 13.3. The van der Waals surface area contributed by atoms with E-state index in [1.165, 1.54) is 26.2 Å².